The van der Waals surface area contributed by atoms with Crippen molar-refractivity contribution in [3.63, 3.8) is 0 Å². The zero-order valence-electron chi connectivity index (χ0n) is 15.0. The van der Waals surface area contributed by atoms with Crippen LogP contribution in [-0.4, -0.2) is 33.1 Å². The lowest BCUT2D eigenvalue weighted by molar-refractivity contribution is 0.172. The topological polar surface area (TPSA) is 3.24 Å². The van der Waals surface area contributed by atoms with Crippen LogP contribution in [0.2, 0.25) is 24.7 Å². The van der Waals surface area contributed by atoms with Gasteiger partial charge in [0.1, 0.15) is 0 Å². The molecule has 4 atom stereocenters. The molecule has 4 unspecified atom stereocenters. The lowest BCUT2D eigenvalue weighted by Crippen LogP contribution is -2.39. The first-order valence-electron chi connectivity index (χ1n) is 8.78. The van der Waals surface area contributed by atoms with E-state index >= 15 is 0 Å². The van der Waals surface area contributed by atoms with Crippen molar-refractivity contribution in [1.29, 1.82) is 0 Å². The zero-order valence-corrected chi connectivity index (χ0v) is 16.0. The second-order valence-corrected chi connectivity index (χ2v) is 14.8. The first-order valence-corrected chi connectivity index (χ1v) is 12.1. The van der Waals surface area contributed by atoms with Gasteiger partial charge in [0.15, 0.2) is 0 Å². The number of hydrogen-bond donors (Lipinski definition) is 0. The van der Waals surface area contributed by atoms with Crippen LogP contribution < -0.4 is 0 Å². The maximum Gasteiger partial charge on any atom is 0.0513 e. The molecule has 20 heavy (non-hydrogen) atoms. The van der Waals surface area contributed by atoms with Gasteiger partial charge in [0.05, 0.1) is 8.07 Å². The van der Waals surface area contributed by atoms with E-state index in [0.717, 1.165) is 23.4 Å². The van der Waals surface area contributed by atoms with Gasteiger partial charge >= 0.3 is 0 Å². The normalized spacial score (nSPS) is 35.4. The van der Waals surface area contributed by atoms with Crippen LogP contribution in [0, 0.1) is 17.3 Å². The van der Waals surface area contributed by atoms with Crippen LogP contribution in [0.3, 0.4) is 0 Å². The number of fused-ring (bicyclic) bond motifs is 1. The summed E-state index contributed by atoms with van der Waals surface area (Å²) in [5.41, 5.74) is 1.58. The van der Waals surface area contributed by atoms with Gasteiger partial charge in [-0.05, 0) is 49.7 Å². The van der Waals surface area contributed by atoms with Crippen molar-refractivity contribution in [3.8, 4) is 0 Å². The monoisotopic (exact) mass is 295 g/mol. The van der Waals surface area contributed by atoms with Crippen molar-refractivity contribution in [2.75, 3.05) is 14.1 Å². The maximum absolute atomic E-state index is 2.69. The molecule has 2 heteroatoms. The van der Waals surface area contributed by atoms with E-state index in [4.69, 9.17) is 0 Å². The van der Waals surface area contributed by atoms with Gasteiger partial charge in [-0.15, -0.1) is 0 Å². The molecular formula is C18H37NSi. The van der Waals surface area contributed by atoms with Gasteiger partial charge in [-0.3, -0.25) is 0 Å². The second kappa shape index (κ2) is 5.76. The third-order valence-corrected chi connectivity index (χ3v) is 10.7. The average Bonchev–Trinajstić information content (AvgIpc) is 2.65. The Morgan fingerprint density at radius 2 is 1.55 bits per heavy atom. The minimum atomic E-state index is -1.13. The van der Waals surface area contributed by atoms with E-state index in [1.807, 2.05) is 0 Å². The fraction of sp³-hybridized carbons (Fsp3) is 1.00. The first kappa shape index (κ1) is 16.5. The van der Waals surface area contributed by atoms with Gasteiger partial charge in [0.2, 0.25) is 0 Å². The molecule has 0 heterocycles. The lowest BCUT2D eigenvalue weighted by Gasteiger charge is -2.41. The maximum atomic E-state index is 2.69. The van der Waals surface area contributed by atoms with Crippen LogP contribution in [0.1, 0.15) is 52.9 Å². The Morgan fingerprint density at radius 1 is 1.00 bits per heavy atom. The average molecular weight is 296 g/mol. The third-order valence-electron chi connectivity index (χ3n) is 6.03. The molecule has 118 valence electrons. The van der Waals surface area contributed by atoms with E-state index in [-0.39, 0.29) is 0 Å². The van der Waals surface area contributed by atoms with Gasteiger partial charge in [-0.2, -0.15) is 0 Å². The number of nitrogens with zero attached hydrogens (tertiary/aromatic N) is 1. The van der Waals surface area contributed by atoms with Crippen LogP contribution in [0.15, 0.2) is 0 Å². The van der Waals surface area contributed by atoms with Gasteiger partial charge in [0.25, 0.3) is 0 Å². The van der Waals surface area contributed by atoms with Gasteiger partial charge < -0.3 is 4.90 Å². The Labute approximate surface area is 128 Å². The summed E-state index contributed by atoms with van der Waals surface area (Å²) < 4.78 is 0. The molecule has 0 aromatic carbocycles. The van der Waals surface area contributed by atoms with Gasteiger partial charge in [-0.1, -0.05) is 59.2 Å². The highest BCUT2D eigenvalue weighted by Gasteiger charge is 2.51. The molecule has 0 saturated heterocycles. The Morgan fingerprint density at radius 3 is 2.05 bits per heavy atom. The SMILES string of the molecule is CN(C)C1CC([Si](C)(C)CC(C)(C)C)C2CCCCC21. The molecule has 2 saturated carbocycles. The predicted octanol–water partition coefficient (Wildman–Crippen LogP) is 5.25. The Bertz CT molecular complexity index is 329. The molecule has 0 radical (unpaired) electrons. The molecule has 1 nitrogen and oxygen atoms in total. The molecule has 0 aromatic heterocycles. The van der Waals surface area contributed by atoms with Crippen LogP contribution in [-0.2, 0) is 0 Å². The minimum absolute atomic E-state index is 0.510. The highest BCUT2D eigenvalue weighted by molar-refractivity contribution is 6.79. The van der Waals surface area contributed by atoms with E-state index in [2.05, 4.69) is 52.9 Å². The van der Waals surface area contributed by atoms with Crippen LogP contribution >= 0.6 is 0 Å². The summed E-state index contributed by atoms with van der Waals surface area (Å²) in [7, 11) is 3.50. The molecular weight excluding hydrogens is 258 g/mol. The second-order valence-electron chi connectivity index (χ2n) is 9.71. The Hall–Kier alpha value is 0.177. The van der Waals surface area contributed by atoms with Gasteiger partial charge in [-0.25, -0.2) is 0 Å². The molecule has 2 aliphatic rings. The summed E-state index contributed by atoms with van der Waals surface area (Å²) >= 11 is 0. The highest BCUT2D eigenvalue weighted by atomic mass is 28.3. The van der Waals surface area contributed by atoms with E-state index < -0.39 is 8.07 Å². The van der Waals surface area contributed by atoms with Crippen molar-refractivity contribution >= 4 is 8.07 Å². The van der Waals surface area contributed by atoms with E-state index in [1.165, 1.54) is 38.1 Å². The molecule has 0 aromatic rings. The van der Waals surface area contributed by atoms with E-state index in [9.17, 15) is 0 Å². The summed E-state index contributed by atoms with van der Waals surface area (Å²) in [6.45, 7) is 12.7. The standard InChI is InChI=1S/C18H37NSi/c1-18(2,3)13-20(6,7)17-12-16(19(4)5)14-10-8-9-11-15(14)17/h14-17H,8-13H2,1-7H3. The first-order chi connectivity index (χ1) is 9.12. The zero-order chi connectivity index (χ0) is 15.1. The molecule has 2 aliphatic carbocycles. The summed E-state index contributed by atoms with van der Waals surface area (Å²) in [6.07, 6.45) is 7.51. The molecule has 0 amide bonds. The van der Waals surface area contributed by atoms with Crippen molar-refractivity contribution in [2.45, 2.75) is 83.6 Å². The molecule has 0 bridgehead atoms. The van der Waals surface area contributed by atoms with E-state index in [0.29, 0.717) is 5.41 Å². The molecule has 0 N–H and O–H groups in total. The van der Waals surface area contributed by atoms with Crippen molar-refractivity contribution in [3.05, 3.63) is 0 Å². The predicted molar refractivity (Wildman–Crippen MR) is 93.0 cm³/mol. The number of rotatable bonds is 3. The summed E-state index contributed by atoms with van der Waals surface area (Å²) in [4.78, 5) is 2.55. The van der Waals surface area contributed by atoms with Crippen molar-refractivity contribution in [1.82, 2.24) is 4.90 Å². The molecule has 2 rings (SSSR count). The molecule has 0 aliphatic heterocycles. The quantitative estimate of drug-likeness (QED) is 0.643. The van der Waals surface area contributed by atoms with E-state index in [1.54, 1.807) is 0 Å². The minimum Gasteiger partial charge on any atom is -0.306 e. The summed E-state index contributed by atoms with van der Waals surface area (Å²) in [5, 5.41) is 0. The highest BCUT2D eigenvalue weighted by Crippen LogP contribution is 2.55. The van der Waals surface area contributed by atoms with Crippen molar-refractivity contribution in [2.24, 2.45) is 17.3 Å². The molecule has 0 spiro atoms. The summed E-state index contributed by atoms with van der Waals surface area (Å²) in [6, 6.07) is 2.37. The van der Waals surface area contributed by atoms with Crippen LogP contribution in [0.25, 0.3) is 0 Å². The number of hydrogen-bond acceptors (Lipinski definition) is 1. The smallest absolute Gasteiger partial charge is 0.0513 e. The lowest BCUT2D eigenvalue weighted by atomic mass is 9.80. The fourth-order valence-electron chi connectivity index (χ4n) is 5.77. The Kier molecular flexibility index (Phi) is 4.76. The van der Waals surface area contributed by atoms with Gasteiger partial charge in [0, 0.05) is 6.04 Å². The fourth-order valence-corrected chi connectivity index (χ4v) is 11.2. The largest absolute Gasteiger partial charge is 0.306 e. The van der Waals surface area contributed by atoms with Crippen molar-refractivity contribution < 1.29 is 0 Å². The third kappa shape index (κ3) is 3.49. The summed E-state index contributed by atoms with van der Waals surface area (Å²) in [5.74, 6) is 2.07. The Balaban J connectivity index is 2.18. The molecule has 2 fully saturated rings. The van der Waals surface area contributed by atoms with Crippen LogP contribution in [0.4, 0.5) is 0 Å². The van der Waals surface area contributed by atoms with Crippen LogP contribution in [0.5, 0.6) is 0 Å².